The lowest BCUT2D eigenvalue weighted by molar-refractivity contribution is 0.0544. The number of aliphatic hydroxyl groups is 1. The molecule has 1 aromatic heterocycles. The van der Waals surface area contributed by atoms with Crippen LogP contribution in [0.4, 0.5) is 0 Å². The van der Waals surface area contributed by atoms with E-state index in [4.69, 9.17) is 0 Å². The van der Waals surface area contributed by atoms with Gasteiger partial charge in [0.1, 0.15) is 0 Å². The molecule has 1 aliphatic rings. The minimum atomic E-state index is 0.194. The zero-order valence-electron chi connectivity index (χ0n) is 13.0. The third-order valence-corrected chi connectivity index (χ3v) is 6.19. The molecule has 1 aromatic rings. The Hall–Kier alpha value is -0.410. The van der Waals surface area contributed by atoms with Gasteiger partial charge in [-0.1, -0.05) is 26.2 Å². The maximum absolute atomic E-state index is 9.89. The fourth-order valence-electron chi connectivity index (χ4n) is 3.50. The molecule has 1 saturated carbocycles. The van der Waals surface area contributed by atoms with Crippen molar-refractivity contribution in [2.45, 2.75) is 71.6 Å². The van der Waals surface area contributed by atoms with E-state index in [1.54, 1.807) is 11.3 Å². The zero-order chi connectivity index (χ0) is 14.4. The first-order valence-electron chi connectivity index (χ1n) is 8.19. The summed E-state index contributed by atoms with van der Waals surface area (Å²) in [5.41, 5.74) is 3.32. The van der Waals surface area contributed by atoms with Crippen molar-refractivity contribution in [2.75, 3.05) is 6.61 Å². The van der Waals surface area contributed by atoms with Gasteiger partial charge in [-0.05, 0) is 56.8 Å². The molecule has 1 aliphatic carbocycles. The van der Waals surface area contributed by atoms with Gasteiger partial charge in [-0.3, -0.25) is 0 Å². The SMILES string of the molecule is CCCCC1CCC(CO)(CCc2scnc2C)CC1. The van der Waals surface area contributed by atoms with Gasteiger partial charge in [-0.15, -0.1) is 11.3 Å². The van der Waals surface area contributed by atoms with Gasteiger partial charge in [0, 0.05) is 11.5 Å². The Morgan fingerprint density at radius 1 is 1.40 bits per heavy atom. The molecule has 114 valence electrons. The van der Waals surface area contributed by atoms with Crippen LogP contribution in [0.15, 0.2) is 5.51 Å². The molecule has 0 unspecified atom stereocenters. The molecule has 1 heterocycles. The molecule has 20 heavy (non-hydrogen) atoms. The van der Waals surface area contributed by atoms with Crippen LogP contribution in [-0.2, 0) is 6.42 Å². The average Bonchev–Trinajstić information content (AvgIpc) is 2.89. The van der Waals surface area contributed by atoms with Crippen molar-refractivity contribution < 1.29 is 5.11 Å². The Morgan fingerprint density at radius 2 is 2.15 bits per heavy atom. The number of rotatable bonds is 7. The largest absolute Gasteiger partial charge is 0.396 e. The van der Waals surface area contributed by atoms with Gasteiger partial charge in [-0.25, -0.2) is 4.98 Å². The molecule has 2 nitrogen and oxygen atoms in total. The molecular weight excluding hydrogens is 266 g/mol. The Bertz CT molecular complexity index is 393. The smallest absolute Gasteiger partial charge is 0.0797 e. The van der Waals surface area contributed by atoms with Gasteiger partial charge in [0.15, 0.2) is 0 Å². The summed E-state index contributed by atoms with van der Waals surface area (Å²) in [6.07, 6.45) is 11.4. The highest BCUT2D eigenvalue weighted by molar-refractivity contribution is 7.09. The summed E-state index contributed by atoms with van der Waals surface area (Å²) in [6.45, 7) is 4.74. The number of hydrogen-bond donors (Lipinski definition) is 1. The second-order valence-corrected chi connectivity index (χ2v) is 7.54. The topological polar surface area (TPSA) is 33.1 Å². The summed E-state index contributed by atoms with van der Waals surface area (Å²) in [6, 6.07) is 0. The van der Waals surface area contributed by atoms with E-state index < -0.39 is 0 Å². The van der Waals surface area contributed by atoms with Crippen LogP contribution in [0.2, 0.25) is 0 Å². The summed E-state index contributed by atoms with van der Waals surface area (Å²) in [7, 11) is 0. The number of aliphatic hydroxyl groups excluding tert-OH is 1. The first-order valence-corrected chi connectivity index (χ1v) is 9.07. The normalized spacial score (nSPS) is 26.9. The van der Waals surface area contributed by atoms with E-state index in [1.807, 2.05) is 5.51 Å². The molecule has 0 bridgehead atoms. The number of aromatic nitrogens is 1. The lowest BCUT2D eigenvalue weighted by atomic mass is 9.67. The van der Waals surface area contributed by atoms with E-state index in [-0.39, 0.29) is 5.41 Å². The summed E-state index contributed by atoms with van der Waals surface area (Å²) >= 11 is 1.77. The number of unbranched alkanes of at least 4 members (excludes halogenated alkanes) is 1. The highest BCUT2D eigenvalue weighted by Crippen LogP contribution is 2.43. The molecule has 0 spiro atoms. The molecule has 0 amide bonds. The highest BCUT2D eigenvalue weighted by atomic mass is 32.1. The number of hydrogen-bond acceptors (Lipinski definition) is 3. The van der Waals surface area contributed by atoms with Crippen LogP contribution in [-0.4, -0.2) is 16.7 Å². The molecule has 1 fully saturated rings. The third kappa shape index (κ3) is 4.05. The van der Waals surface area contributed by atoms with Gasteiger partial charge in [0.25, 0.3) is 0 Å². The van der Waals surface area contributed by atoms with Crippen molar-refractivity contribution in [2.24, 2.45) is 11.3 Å². The summed E-state index contributed by atoms with van der Waals surface area (Å²) < 4.78 is 0. The lowest BCUT2D eigenvalue weighted by Crippen LogP contribution is -2.31. The monoisotopic (exact) mass is 295 g/mol. The van der Waals surface area contributed by atoms with E-state index in [0.717, 1.165) is 18.8 Å². The van der Waals surface area contributed by atoms with Gasteiger partial charge < -0.3 is 5.11 Å². The third-order valence-electron chi connectivity index (χ3n) is 5.19. The van der Waals surface area contributed by atoms with Gasteiger partial charge in [-0.2, -0.15) is 0 Å². The predicted molar refractivity (Wildman–Crippen MR) is 86.2 cm³/mol. The Morgan fingerprint density at radius 3 is 2.70 bits per heavy atom. The van der Waals surface area contributed by atoms with Crippen molar-refractivity contribution in [3.05, 3.63) is 16.1 Å². The average molecular weight is 295 g/mol. The van der Waals surface area contributed by atoms with E-state index in [9.17, 15) is 5.11 Å². The standard InChI is InChI=1S/C17H29NOS/c1-3-4-5-15-6-9-17(12-19,10-7-15)11-8-16-14(2)18-13-20-16/h13,15,19H,3-12H2,1-2H3. The van der Waals surface area contributed by atoms with E-state index in [2.05, 4.69) is 18.8 Å². The van der Waals surface area contributed by atoms with Crippen molar-refractivity contribution in [1.82, 2.24) is 4.98 Å². The quantitative estimate of drug-likeness (QED) is 0.788. The fourth-order valence-corrected chi connectivity index (χ4v) is 4.28. The maximum Gasteiger partial charge on any atom is 0.0797 e. The van der Waals surface area contributed by atoms with Gasteiger partial charge in [0.2, 0.25) is 0 Å². The molecule has 0 aliphatic heterocycles. The number of thiazole rings is 1. The molecule has 0 aromatic carbocycles. The van der Waals surface area contributed by atoms with Crippen molar-refractivity contribution in [3.63, 3.8) is 0 Å². The highest BCUT2D eigenvalue weighted by Gasteiger charge is 2.34. The molecule has 0 atom stereocenters. The van der Waals surface area contributed by atoms with Crippen molar-refractivity contribution in [1.29, 1.82) is 0 Å². The van der Waals surface area contributed by atoms with Crippen LogP contribution in [0.1, 0.15) is 68.9 Å². The molecular formula is C17H29NOS. The fraction of sp³-hybridized carbons (Fsp3) is 0.824. The van der Waals surface area contributed by atoms with E-state index >= 15 is 0 Å². The molecule has 0 radical (unpaired) electrons. The molecule has 2 rings (SSSR count). The molecule has 1 N–H and O–H groups in total. The predicted octanol–water partition coefficient (Wildman–Crippen LogP) is 4.74. The zero-order valence-corrected chi connectivity index (χ0v) is 13.8. The Kier molecular flexibility index (Phi) is 6.03. The van der Waals surface area contributed by atoms with Crippen LogP contribution in [0, 0.1) is 18.3 Å². The minimum absolute atomic E-state index is 0.194. The van der Waals surface area contributed by atoms with Crippen molar-refractivity contribution >= 4 is 11.3 Å². The number of aryl methyl sites for hydroxylation is 2. The first-order chi connectivity index (χ1) is 9.69. The van der Waals surface area contributed by atoms with Gasteiger partial charge >= 0.3 is 0 Å². The molecule has 3 heteroatoms. The first kappa shape index (κ1) is 16.0. The Balaban J connectivity index is 1.84. The van der Waals surface area contributed by atoms with Crippen LogP contribution in [0.25, 0.3) is 0 Å². The second kappa shape index (κ2) is 7.56. The van der Waals surface area contributed by atoms with Crippen LogP contribution in [0.3, 0.4) is 0 Å². The second-order valence-electron chi connectivity index (χ2n) is 6.60. The van der Waals surface area contributed by atoms with E-state index in [1.165, 1.54) is 55.5 Å². The van der Waals surface area contributed by atoms with E-state index in [0.29, 0.717) is 6.61 Å². The van der Waals surface area contributed by atoms with Crippen LogP contribution >= 0.6 is 11.3 Å². The van der Waals surface area contributed by atoms with Crippen LogP contribution < -0.4 is 0 Å². The van der Waals surface area contributed by atoms with Gasteiger partial charge in [0.05, 0.1) is 11.2 Å². The Labute approximate surface area is 127 Å². The minimum Gasteiger partial charge on any atom is -0.396 e. The molecule has 0 saturated heterocycles. The van der Waals surface area contributed by atoms with Crippen LogP contribution in [0.5, 0.6) is 0 Å². The maximum atomic E-state index is 9.89. The summed E-state index contributed by atoms with van der Waals surface area (Å²) in [5, 5.41) is 9.89. The number of nitrogens with zero attached hydrogens (tertiary/aromatic N) is 1. The summed E-state index contributed by atoms with van der Waals surface area (Å²) in [4.78, 5) is 5.74. The van der Waals surface area contributed by atoms with Crippen molar-refractivity contribution in [3.8, 4) is 0 Å². The lowest BCUT2D eigenvalue weighted by Gasteiger charge is -2.39. The summed E-state index contributed by atoms with van der Waals surface area (Å²) in [5.74, 6) is 0.916.